The van der Waals surface area contributed by atoms with Gasteiger partial charge in [0.15, 0.2) is 0 Å². The largest absolute Gasteiger partial charge is 0.506 e. The minimum atomic E-state index is -3.73. The lowest BCUT2D eigenvalue weighted by Gasteiger charge is -2.12. The zero-order valence-corrected chi connectivity index (χ0v) is 15.3. The smallest absolute Gasteiger partial charge is 0.261 e. The summed E-state index contributed by atoms with van der Waals surface area (Å²) < 4.78 is 29.4. The van der Waals surface area contributed by atoms with Gasteiger partial charge >= 0.3 is 0 Å². The van der Waals surface area contributed by atoms with E-state index in [0.717, 1.165) is 16.5 Å². The molecule has 136 valence electrons. The maximum absolute atomic E-state index is 12.6. The van der Waals surface area contributed by atoms with E-state index in [1.165, 1.54) is 12.1 Å². The molecule has 1 aromatic heterocycles. The highest BCUT2D eigenvalue weighted by molar-refractivity contribution is 7.92. The molecule has 0 unspecified atom stereocenters. The molecule has 3 aromatic carbocycles. The second kappa shape index (κ2) is 6.44. The summed E-state index contributed by atoms with van der Waals surface area (Å²) in [6.45, 7) is 1.89. The van der Waals surface area contributed by atoms with Gasteiger partial charge in [-0.05, 0) is 43.3 Å². The maximum atomic E-state index is 12.6. The summed E-state index contributed by atoms with van der Waals surface area (Å²) in [5, 5.41) is 15.5. The van der Waals surface area contributed by atoms with E-state index >= 15 is 0 Å². The van der Waals surface area contributed by atoms with Crippen molar-refractivity contribution in [1.29, 1.82) is 0 Å². The van der Waals surface area contributed by atoms with Crippen LogP contribution in [-0.4, -0.2) is 23.3 Å². The number of benzene rings is 3. The predicted octanol–water partition coefficient (Wildman–Crippen LogP) is 3.84. The van der Waals surface area contributed by atoms with Gasteiger partial charge in [-0.3, -0.25) is 4.72 Å². The SMILES string of the molecule is Cc1ccc(S(=O)(=O)Nc2ccc(O)c(-n3ncc4ccccc43)c2)cc1. The number of fused-ring (bicyclic) bond motifs is 1. The van der Waals surface area contributed by atoms with E-state index in [0.29, 0.717) is 11.4 Å². The second-order valence-electron chi connectivity index (χ2n) is 6.24. The number of aromatic nitrogens is 2. The molecule has 2 N–H and O–H groups in total. The lowest BCUT2D eigenvalue weighted by atomic mass is 10.2. The van der Waals surface area contributed by atoms with Crippen LogP contribution in [0.25, 0.3) is 16.6 Å². The maximum Gasteiger partial charge on any atom is 0.261 e. The van der Waals surface area contributed by atoms with Gasteiger partial charge in [0.1, 0.15) is 11.4 Å². The van der Waals surface area contributed by atoms with Crippen molar-refractivity contribution in [3.8, 4) is 11.4 Å². The van der Waals surface area contributed by atoms with Gasteiger partial charge in [0, 0.05) is 5.39 Å². The number of hydrogen-bond donors (Lipinski definition) is 2. The summed E-state index contributed by atoms with van der Waals surface area (Å²) in [7, 11) is -3.73. The number of rotatable bonds is 4. The first kappa shape index (κ1) is 17.1. The van der Waals surface area contributed by atoms with Crippen molar-refractivity contribution in [2.45, 2.75) is 11.8 Å². The van der Waals surface area contributed by atoms with Crippen LogP contribution in [0.4, 0.5) is 5.69 Å². The zero-order valence-electron chi connectivity index (χ0n) is 14.5. The molecule has 0 aliphatic rings. The number of phenols is 1. The van der Waals surface area contributed by atoms with Crippen molar-refractivity contribution in [2.24, 2.45) is 0 Å². The van der Waals surface area contributed by atoms with Gasteiger partial charge in [-0.25, -0.2) is 13.1 Å². The lowest BCUT2D eigenvalue weighted by molar-refractivity contribution is 0.471. The molecular formula is C20H17N3O3S. The summed E-state index contributed by atoms with van der Waals surface area (Å²) in [5.41, 5.74) is 2.51. The van der Waals surface area contributed by atoms with Gasteiger partial charge in [-0.15, -0.1) is 0 Å². The fourth-order valence-electron chi connectivity index (χ4n) is 2.85. The van der Waals surface area contributed by atoms with Crippen molar-refractivity contribution in [1.82, 2.24) is 9.78 Å². The number of para-hydroxylation sites is 1. The Morgan fingerprint density at radius 2 is 1.74 bits per heavy atom. The van der Waals surface area contributed by atoms with Crippen molar-refractivity contribution in [2.75, 3.05) is 4.72 Å². The highest BCUT2D eigenvalue weighted by atomic mass is 32.2. The Labute approximate surface area is 156 Å². The summed E-state index contributed by atoms with van der Waals surface area (Å²) in [6.07, 6.45) is 1.69. The first-order valence-electron chi connectivity index (χ1n) is 8.30. The third-order valence-corrected chi connectivity index (χ3v) is 5.66. The first-order valence-corrected chi connectivity index (χ1v) is 9.78. The molecule has 27 heavy (non-hydrogen) atoms. The van der Waals surface area contributed by atoms with Crippen LogP contribution in [0.2, 0.25) is 0 Å². The average Bonchev–Trinajstić information content (AvgIpc) is 3.07. The Morgan fingerprint density at radius 3 is 2.52 bits per heavy atom. The molecule has 6 nitrogen and oxygen atoms in total. The Morgan fingerprint density at radius 1 is 1.00 bits per heavy atom. The van der Waals surface area contributed by atoms with E-state index in [-0.39, 0.29) is 10.6 Å². The Hall–Kier alpha value is -3.32. The number of nitrogens with one attached hydrogen (secondary N) is 1. The first-order chi connectivity index (χ1) is 12.9. The molecule has 7 heteroatoms. The normalized spacial score (nSPS) is 11.6. The van der Waals surface area contributed by atoms with Gasteiger partial charge < -0.3 is 5.11 Å². The molecule has 4 rings (SSSR count). The van der Waals surface area contributed by atoms with E-state index < -0.39 is 10.0 Å². The predicted molar refractivity (Wildman–Crippen MR) is 105 cm³/mol. The number of nitrogens with zero attached hydrogens (tertiary/aromatic N) is 2. The van der Waals surface area contributed by atoms with Crippen molar-refractivity contribution in [3.05, 3.63) is 78.5 Å². The number of sulfonamides is 1. The van der Waals surface area contributed by atoms with Crippen molar-refractivity contribution >= 4 is 26.6 Å². The molecule has 0 aliphatic carbocycles. The monoisotopic (exact) mass is 379 g/mol. The van der Waals surface area contributed by atoms with Gasteiger partial charge in [-0.2, -0.15) is 5.10 Å². The summed E-state index contributed by atoms with van der Waals surface area (Å²) >= 11 is 0. The lowest BCUT2D eigenvalue weighted by Crippen LogP contribution is -2.13. The summed E-state index contributed by atoms with van der Waals surface area (Å²) in [6, 6.07) is 18.7. The van der Waals surface area contributed by atoms with Crippen molar-refractivity contribution in [3.63, 3.8) is 0 Å². The molecule has 0 bridgehead atoms. The van der Waals surface area contributed by atoms with Crippen LogP contribution in [0.1, 0.15) is 5.56 Å². The quantitative estimate of drug-likeness (QED) is 0.528. The van der Waals surface area contributed by atoms with E-state index in [1.54, 1.807) is 41.2 Å². The van der Waals surface area contributed by atoms with Crippen LogP contribution < -0.4 is 4.72 Å². The molecule has 4 aromatic rings. The molecule has 1 heterocycles. The average molecular weight is 379 g/mol. The number of aryl methyl sites for hydroxylation is 1. The fourth-order valence-corrected chi connectivity index (χ4v) is 3.90. The van der Waals surface area contributed by atoms with Gasteiger partial charge in [-0.1, -0.05) is 35.9 Å². The van der Waals surface area contributed by atoms with Crippen LogP contribution in [0.3, 0.4) is 0 Å². The topological polar surface area (TPSA) is 84.2 Å². The van der Waals surface area contributed by atoms with Crippen LogP contribution in [0, 0.1) is 6.92 Å². The van der Waals surface area contributed by atoms with E-state index in [4.69, 9.17) is 0 Å². The van der Waals surface area contributed by atoms with E-state index in [9.17, 15) is 13.5 Å². The highest BCUT2D eigenvalue weighted by Gasteiger charge is 2.16. The molecule has 0 spiro atoms. The summed E-state index contributed by atoms with van der Waals surface area (Å²) in [4.78, 5) is 0.173. The number of hydrogen-bond acceptors (Lipinski definition) is 4. The van der Waals surface area contributed by atoms with Gasteiger partial charge in [0.05, 0.1) is 22.3 Å². The third kappa shape index (κ3) is 3.24. The van der Waals surface area contributed by atoms with Crippen LogP contribution in [0.5, 0.6) is 5.75 Å². The minimum Gasteiger partial charge on any atom is -0.506 e. The molecule has 0 fully saturated rings. The van der Waals surface area contributed by atoms with Crippen LogP contribution in [0.15, 0.2) is 77.8 Å². The van der Waals surface area contributed by atoms with E-state index in [2.05, 4.69) is 9.82 Å². The molecule has 0 amide bonds. The highest BCUT2D eigenvalue weighted by Crippen LogP contribution is 2.29. The standard InChI is InChI=1S/C20H17N3O3S/c1-14-6-9-17(10-7-14)27(25,26)22-16-8-11-20(24)19(12-16)23-18-5-3-2-4-15(18)13-21-23/h2-13,22,24H,1H3. The molecule has 0 atom stereocenters. The zero-order chi connectivity index (χ0) is 19.0. The van der Waals surface area contributed by atoms with Gasteiger partial charge in [0.2, 0.25) is 0 Å². The molecule has 0 radical (unpaired) electrons. The second-order valence-corrected chi connectivity index (χ2v) is 7.92. The molecule has 0 saturated heterocycles. The van der Waals surface area contributed by atoms with E-state index in [1.807, 2.05) is 31.2 Å². The number of phenolic OH excluding ortho intramolecular Hbond substituents is 1. The third-order valence-electron chi connectivity index (χ3n) is 4.26. The Balaban J connectivity index is 1.74. The van der Waals surface area contributed by atoms with Crippen LogP contribution >= 0.6 is 0 Å². The molecular weight excluding hydrogens is 362 g/mol. The summed E-state index contributed by atoms with van der Waals surface area (Å²) in [5.74, 6) is 0.00198. The minimum absolute atomic E-state index is 0.00198. The van der Waals surface area contributed by atoms with Crippen LogP contribution in [-0.2, 0) is 10.0 Å². The number of aromatic hydroxyl groups is 1. The van der Waals surface area contributed by atoms with Crippen molar-refractivity contribution < 1.29 is 13.5 Å². The number of anilines is 1. The van der Waals surface area contributed by atoms with Gasteiger partial charge in [0.25, 0.3) is 10.0 Å². The fraction of sp³-hybridized carbons (Fsp3) is 0.0500. The molecule has 0 saturated carbocycles. The molecule has 0 aliphatic heterocycles. The Kier molecular flexibility index (Phi) is 4.08. The Bertz CT molecular complexity index is 1230.